The van der Waals surface area contributed by atoms with Crippen LogP contribution in [-0.4, -0.2) is 57.5 Å². The van der Waals surface area contributed by atoms with Gasteiger partial charge in [0, 0.05) is 23.6 Å². The number of nitrogens with one attached hydrogen (secondary N) is 1. The van der Waals surface area contributed by atoms with E-state index in [1.165, 1.54) is 17.5 Å². The van der Waals surface area contributed by atoms with E-state index in [9.17, 15) is 13.2 Å². The first-order valence-electron chi connectivity index (χ1n) is 10.9. The second-order valence-corrected chi connectivity index (χ2v) is 9.94. The second kappa shape index (κ2) is 9.70. The van der Waals surface area contributed by atoms with Crippen LogP contribution >= 0.6 is 23.1 Å². The number of halogens is 3. The maximum Gasteiger partial charge on any atom is 0.394 e. The van der Waals surface area contributed by atoms with Crippen LogP contribution in [0.15, 0.2) is 46.2 Å². The summed E-state index contributed by atoms with van der Waals surface area (Å²) in [6.45, 7) is 0.249. The van der Waals surface area contributed by atoms with Crippen LogP contribution < -0.4 is 10.1 Å². The normalized spacial score (nSPS) is 20.9. The van der Waals surface area contributed by atoms with Gasteiger partial charge in [-0.1, -0.05) is 11.3 Å². The van der Waals surface area contributed by atoms with E-state index in [-0.39, 0.29) is 31.8 Å². The fraction of sp³-hybridized carbons (Fsp3) is 0.409. The summed E-state index contributed by atoms with van der Waals surface area (Å²) in [7, 11) is 0. The number of rotatable bonds is 7. The number of fused-ring (bicyclic) bond motifs is 1. The lowest BCUT2D eigenvalue weighted by molar-refractivity contribution is -0.202. The minimum Gasteiger partial charge on any atom is -0.470 e. The number of piperidine rings is 1. The summed E-state index contributed by atoms with van der Waals surface area (Å²) in [6, 6.07) is 7.59. The summed E-state index contributed by atoms with van der Waals surface area (Å²) in [5.74, 6) is -1.52. The zero-order chi connectivity index (χ0) is 24.5. The Labute approximate surface area is 206 Å². The van der Waals surface area contributed by atoms with Gasteiger partial charge in [0.25, 0.3) is 5.19 Å². The lowest BCUT2D eigenvalue weighted by Crippen LogP contribution is -2.54. The molecule has 184 valence electrons. The SMILES string of the molecule is CSc1ccc(-c2ccc3nc(OCCC4(c5cnno5)CCNCC4C(F)(F)F)sc3n2)cn1. The molecular formula is C22H21F3N6O2S2. The van der Waals surface area contributed by atoms with Crippen molar-refractivity contribution in [3.8, 4) is 16.5 Å². The molecule has 5 heterocycles. The van der Waals surface area contributed by atoms with Gasteiger partial charge < -0.3 is 14.6 Å². The Bertz CT molecular complexity index is 1280. The first kappa shape index (κ1) is 23.9. The van der Waals surface area contributed by atoms with E-state index in [0.29, 0.717) is 22.1 Å². The smallest absolute Gasteiger partial charge is 0.394 e. The molecule has 8 nitrogen and oxygen atoms in total. The van der Waals surface area contributed by atoms with Crippen molar-refractivity contribution in [2.24, 2.45) is 5.92 Å². The summed E-state index contributed by atoms with van der Waals surface area (Å²) in [6.07, 6.45) is 0.895. The van der Waals surface area contributed by atoms with E-state index in [2.05, 4.69) is 30.6 Å². The van der Waals surface area contributed by atoms with Gasteiger partial charge in [0.1, 0.15) is 10.3 Å². The molecule has 1 aliphatic rings. The maximum absolute atomic E-state index is 14.0. The van der Waals surface area contributed by atoms with E-state index >= 15 is 0 Å². The number of ether oxygens (including phenoxy) is 1. The predicted octanol–water partition coefficient (Wildman–Crippen LogP) is 4.74. The van der Waals surface area contributed by atoms with E-state index in [0.717, 1.165) is 16.3 Å². The van der Waals surface area contributed by atoms with Gasteiger partial charge in [-0.3, -0.25) is 0 Å². The van der Waals surface area contributed by atoms with Crippen LogP contribution in [0.4, 0.5) is 13.2 Å². The fourth-order valence-corrected chi connectivity index (χ4v) is 5.63. The van der Waals surface area contributed by atoms with Crippen LogP contribution in [0.5, 0.6) is 5.19 Å². The Hall–Kier alpha value is -2.77. The molecule has 1 N–H and O–H groups in total. The molecule has 0 aromatic carbocycles. The molecule has 1 fully saturated rings. The lowest BCUT2D eigenvalue weighted by atomic mass is 9.66. The average Bonchev–Trinajstić information content (AvgIpc) is 3.53. The minimum absolute atomic E-state index is 0.0278. The molecule has 0 bridgehead atoms. The van der Waals surface area contributed by atoms with Gasteiger partial charge >= 0.3 is 6.18 Å². The van der Waals surface area contributed by atoms with Crippen LogP contribution in [0.3, 0.4) is 0 Å². The summed E-state index contributed by atoms with van der Waals surface area (Å²) in [4.78, 5) is 14.2. The first-order chi connectivity index (χ1) is 16.9. The van der Waals surface area contributed by atoms with Crippen molar-refractivity contribution < 1.29 is 22.4 Å². The van der Waals surface area contributed by atoms with Gasteiger partial charge in [0.2, 0.25) is 0 Å². The molecule has 4 aromatic rings. The van der Waals surface area contributed by atoms with E-state index in [4.69, 9.17) is 9.26 Å². The van der Waals surface area contributed by atoms with Crippen molar-refractivity contribution in [3.05, 3.63) is 42.4 Å². The number of alkyl halides is 3. The average molecular weight is 523 g/mol. The van der Waals surface area contributed by atoms with Gasteiger partial charge in [-0.25, -0.2) is 15.0 Å². The fourth-order valence-electron chi connectivity index (χ4n) is 4.45. The molecule has 5 rings (SSSR count). The van der Waals surface area contributed by atoms with Crippen molar-refractivity contribution in [2.45, 2.75) is 29.5 Å². The molecule has 0 spiro atoms. The van der Waals surface area contributed by atoms with Crippen molar-refractivity contribution in [3.63, 3.8) is 0 Å². The van der Waals surface area contributed by atoms with Crippen LogP contribution in [0.2, 0.25) is 0 Å². The van der Waals surface area contributed by atoms with Gasteiger partial charge in [-0.05, 0) is 49.9 Å². The minimum atomic E-state index is -4.42. The van der Waals surface area contributed by atoms with E-state index in [1.54, 1.807) is 18.0 Å². The zero-order valence-corrected chi connectivity index (χ0v) is 20.2. The van der Waals surface area contributed by atoms with E-state index < -0.39 is 17.5 Å². The van der Waals surface area contributed by atoms with Crippen molar-refractivity contribution in [2.75, 3.05) is 26.0 Å². The Morgan fingerprint density at radius 3 is 2.83 bits per heavy atom. The summed E-state index contributed by atoms with van der Waals surface area (Å²) >= 11 is 2.81. The Kier molecular flexibility index (Phi) is 6.64. The largest absolute Gasteiger partial charge is 0.470 e. The van der Waals surface area contributed by atoms with Gasteiger partial charge in [-0.15, -0.1) is 16.9 Å². The maximum atomic E-state index is 14.0. The molecule has 0 amide bonds. The molecular weight excluding hydrogens is 501 g/mol. The quantitative estimate of drug-likeness (QED) is 0.345. The summed E-state index contributed by atoms with van der Waals surface area (Å²) < 4.78 is 52.8. The molecule has 2 unspecified atom stereocenters. The summed E-state index contributed by atoms with van der Waals surface area (Å²) in [5.41, 5.74) is 0.983. The lowest BCUT2D eigenvalue weighted by Gasteiger charge is -2.43. The van der Waals surface area contributed by atoms with Crippen molar-refractivity contribution in [1.82, 2.24) is 30.6 Å². The Morgan fingerprint density at radius 2 is 2.11 bits per heavy atom. The number of thioether (sulfide) groups is 1. The van der Waals surface area contributed by atoms with Gasteiger partial charge in [0.15, 0.2) is 5.76 Å². The van der Waals surface area contributed by atoms with Gasteiger partial charge in [0.05, 0.1) is 34.9 Å². The van der Waals surface area contributed by atoms with Crippen LogP contribution in [0.1, 0.15) is 18.6 Å². The first-order valence-corrected chi connectivity index (χ1v) is 12.9. The van der Waals surface area contributed by atoms with Crippen LogP contribution in [0.25, 0.3) is 21.6 Å². The molecule has 35 heavy (non-hydrogen) atoms. The third kappa shape index (κ3) is 4.84. The molecule has 0 radical (unpaired) electrons. The third-order valence-electron chi connectivity index (χ3n) is 6.26. The highest BCUT2D eigenvalue weighted by molar-refractivity contribution is 7.98. The number of pyridine rings is 2. The predicted molar refractivity (Wildman–Crippen MR) is 126 cm³/mol. The van der Waals surface area contributed by atoms with Gasteiger partial charge in [-0.2, -0.15) is 13.2 Å². The molecule has 4 aromatic heterocycles. The standard InChI is InChI=1S/C22H21F3N6O2S2/c1-34-18-5-2-13(10-27-18)14-3-4-15-19(29-14)35-20(30-15)32-9-7-21(17-12-28-31-33-17)6-8-26-11-16(21)22(23,24)25/h2-5,10,12,16,26H,6-9,11H2,1H3. The molecule has 13 heteroatoms. The number of thiazole rings is 1. The van der Waals surface area contributed by atoms with Crippen molar-refractivity contribution >= 4 is 33.4 Å². The zero-order valence-electron chi connectivity index (χ0n) is 18.6. The number of aromatic nitrogens is 5. The molecule has 1 aliphatic heterocycles. The highest BCUT2D eigenvalue weighted by Gasteiger charge is 2.57. The highest BCUT2D eigenvalue weighted by atomic mass is 32.2. The number of hydrogen-bond donors (Lipinski definition) is 1. The molecule has 0 aliphatic carbocycles. The molecule has 2 atom stereocenters. The molecule has 1 saturated heterocycles. The highest BCUT2D eigenvalue weighted by Crippen LogP contribution is 2.48. The van der Waals surface area contributed by atoms with E-state index in [1.807, 2.05) is 30.5 Å². The van der Waals surface area contributed by atoms with Crippen molar-refractivity contribution in [1.29, 1.82) is 0 Å². The topological polar surface area (TPSA) is 98.9 Å². The number of nitrogens with zero attached hydrogens (tertiary/aromatic N) is 5. The molecule has 0 saturated carbocycles. The Balaban J connectivity index is 1.34. The summed E-state index contributed by atoms with van der Waals surface area (Å²) in [5, 5.41) is 11.2. The third-order valence-corrected chi connectivity index (χ3v) is 7.80. The number of hydrogen-bond acceptors (Lipinski definition) is 10. The Morgan fingerprint density at radius 1 is 1.23 bits per heavy atom. The second-order valence-electron chi connectivity index (χ2n) is 8.17. The monoisotopic (exact) mass is 522 g/mol. The van der Waals surface area contributed by atoms with Crippen LogP contribution in [-0.2, 0) is 5.41 Å². The van der Waals surface area contributed by atoms with Crippen LogP contribution in [0, 0.1) is 5.92 Å².